The van der Waals surface area contributed by atoms with Crippen molar-refractivity contribution in [3.63, 3.8) is 0 Å². The van der Waals surface area contributed by atoms with Crippen LogP contribution in [0.5, 0.6) is 5.75 Å². The highest BCUT2D eigenvalue weighted by Crippen LogP contribution is 2.32. The Morgan fingerprint density at radius 1 is 1.17 bits per heavy atom. The fourth-order valence-corrected chi connectivity index (χ4v) is 2.49. The number of rotatable bonds is 6. The van der Waals surface area contributed by atoms with Crippen molar-refractivity contribution in [3.8, 4) is 5.75 Å². The first kappa shape index (κ1) is 13.4. The van der Waals surface area contributed by atoms with Crippen molar-refractivity contribution in [1.29, 1.82) is 0 Å². The molecule has 0 spiro atoms. The Hall–Kier alpha value is -1.06. The molecule has 2 rings (SSSR count). The van der Waals surface area contributed by atoms with E-state index >= 15 is 0 Å². The first-order valence-electron chi connectivity index (χ1n) is 6.33. The lowest BCUT2D eigenvalue weighted by Gasteiger charge is -2.10. The zero-order chi connectivity index (χ0) is 12.8. The lowest BCUT2D eigenvalue weighted by Crippen LogP contribution is -2.16. The molecular formula is C15H18BrNO. The van der Waals surface area contributed by atoms with Gasteiger partial charge in [-0.25, -0.2) is 0 Å². The Kier molecular flexibility index (Phi) is 5.02. The standard InChI is InChI=1S/C15H18BrNO/c1-2-17-10-5-11-18-14-9-8-12-6-3-4-7-13(12)15(14)16/h3-4,6-9,17H,2,5,10-11H2,1H3. The van der Waals surface area contributed by atoms with E-state index in [0.29, 0.717) is 0 Å². The van der Waals surface area contributed by atoms with Crippen LogP contribution < -0.4 is 10.1 Å². The number of hydrogen-bond donors (Lipinski definition) is 1. The summed E-state index contributed by atoms with van der Waals surface area (Å²) in [4.78, 5) is 0. The van der Waals surface area contributed by atoms with Crippen LogP contribution in [0.1, 0.15) is 13.3 Å². The third-order valence-electron chi connectivity index (χ3n) is 2.83. The van der Waals surface area contributed by atoms with E-state index in [2.05, 4.69) is 46.4 Å². The van der Waals surface area contributed by atoms with Gasteiger partial charge in [0.2, 0.25) is 0 Å². The first-order valence-corrected chi connectivity index (χ1v) is 7.13. The van der Waals surface area contributed by atoms with Crippen LogP contribution in [0.2, 0.25) is 0 Å². The van der Waals surface area contributed by atoms with E-state index in [1.165, 1.54) is 10.8 Å². The lowest BCUT2D eigenvalue weighted by molar-refractivity contribution is 0.307. The molecule has 0 aliphatic heterocycles. The van der Waals surface area contributed by atoms with Crippen LogP contribution >= 0.6 is 15.9 Å². The average Bonchev–Trinajstić information content (AvgIpc) is 2.41. The molecule has 18 heavy (non-hydrogen) atoms. The maximum atomic E-state index is 5.80. The predicted octanol–water partition coefficient (Wildman–Crippen LogP) is 3.98. The Bertz CT molecular complexity index is 513. The van der Waals surface area contributed by atoms with Gasteiger partial charge in [0.05, 0.1) is 11.1 Å². The molecule has 2 aromatic carbocycles. The van der Waals surface area contributed by atoms with Gasteiger partial charge in [0.25, 0.3) is 0 Å². The number of ether oxygens (including phenoxy) is 1. The summed E-state index contributed by atoms with van der Waals surface area (Å²) in [5, 5.41) is 5.71. The SMILES string of the molecule is CCNCCCOc1ccc2ccccc2c1Br. The maximum absolute atomic E-state index is 5.80. The van der Waals surface area contributed by atoms with E-state index in [1.807, 2.05) is 18.2 Å². The van der Waals surface area contributed by atoms with Crippen LogP contribution in [0, 0.1) is 0 Å². The molecule has 1 N–H and O–H groups in total. The molecule has 2 aromatic rings. The van der Waals surface area contributed by atoms with Crippen LogP contribution in [0.4, 0.5) is 0 Å². The fraction of sp³-hybridized carbons (Fsp3) is 0.333. The molecule has 0 fully saturated rings. The van der Waals surface area contributed by atoms with Crippen molar-refractivity contribution in [2.75, 3.05) is 19.7 Å². The highest BCUT2D eigenvalue weighted by molar-refractivity contribution is 9.10. The summed E-state index contributed by atoms with van der Waals surface area (Å²) in [6.07, 6.45) is 1.02. The minimum Gasteiger partial charge on any atom is -0.492 e. The van der Waals surface area contributed by atoms with E-state index in [0.717, 1.165) is 36.3 Å². The van der Waals surface area contributed by atoms with Crippen molar-refractivity contribution >= 4 is 26.7 Å². The normalized spacial score (nSPS) is 10.8. The quantitative estimate of drug-likeness (QED) is 0.815. The molecule has 2 nitrogen and oxygen atoms in total. The molecule has 0 radical (unpaired) electrons. The van der Waals surface area contributed by atoms with E-state index in [9.17, 15) is 0 Å². The molecule has 0 heterocycles. The van der Waals surface area contributed by atoms with Gasteiger partial charge in [-0.15, -0.1) is 0 Å². The van der Waals surface area contributed by atoms with Gasteiger partial charge in [-0.1, -0.05) is 37.3 Å². The molecular weight excluding hydrogens is 290 g/mol. The molecule has 96 valence electrons. The Morgan fingerprint density at radius 3 is 2.83 bits per heavy atom. The molecule has 3 heteroatoms. The molecule has 0 saturated carbocycles. The Balaban J connectivity index is 2.03. The van der Waals surface area contributed by atoms with Crippen molar-refractivity contribution in [3.05, 3.63) is 40.9 Å². The molecule has 0 amide bonds. The van der Waals surface area contributed by atoms with Gasteiger partial charge in [0, 0.05) is 0 Å². The number of fused-ring (bicyclic) bond motifs is 1. The average molecular weight is 308 g/mol. The van der Waals surface area contributed by atoms with E-state index in [1.54, 1.807) is 0 Å². The van der Waals surface area contributed by atoms with Gasteiger partial charge in [-0.3, -0.25) is 0 Å². The number of hydrogen-bond acceptors (Lipinski definition) is 2. The second-order valence-corrected chi connectivity index (χ2v) is 4.95. The molecule has 0 aliphatic carbocycles. The summed E-state index contributed by atoms with van der Waals surface area (Å²) in [7, 11) is 0. The van der Waals surface area contributed by atoms with E-state index in [4.69, 9.17) is 4.74 Å². The van der Waals surface area contributed by atoms with Crippen LogP contribution in [-0.4, -0.2) is 19.7 Å². The van der Waals surface area contributed by atoms with Gasteiger partial charge in [-0.2, -0.15) is 0 Å². The van der Waals surface area contributed by atoms with Crippen molar-refractivity contribution < 1.29 is 4.74 Å². The van der Waals surface area contributed by atoms with E-state index < -0.39 is 0 Å². The molecule has 0 aromatic heterocycles. The number of benzene rings is 2. The van der Waals surface area contributed by atoms with Crippen molar-refractivity contribution in [2.24, 2.45) is 0 Å². The fourth-order valence-electron chi connectivity index (χ4n) is 1.88. The minimum atomic E-state index is 0.740. The van der Waals surface area contributed by atoms with Crippen LogP contribution in [0.25, 0.3) is 10.8 Å². The van der Waals surface area contributed by atoms with Gasteiger partial charge < -0.3 is 10.1 Å². The molecule has 0 saturated heterocycles. The smallest absolute Gasteiger partial charge is 0.134 e. The second-order valence-electron chi connectivity index (χ2n) is 4.15. The molecule has 0 atom stereocenters. The number of halogens is 1. The zero-order valence-electron chi connectivity index (χ0n) is 10.6. The Morgan fingerprint density at radius 2 is 2.00 bits per heavy atom. The highest BCUT2D eigenvalue weighted by atomic mass is 79.9. The van der Waals surface area contributed by atoms with E-state index in [-0.39, 0.29) is 0 Å². The molecule has 0 bridgehead atoms. The maximum Gasteiger partial charge on any atom is 0.134 e. The van der Waals surface area contributed by atoms with Gasteiger partial charge in [0.15, 0.2) is 0 Å². The summed E-state index contributed by atoms with van der Waals surface area (Å²) in [5.41, 5.74) is 0. The molecule has 0 aliphatic rings. The van der Waals surface area contributed by atoms with Gasteiger partial charge in [0.1, 0.15) is 5.75 Å². The summed E-state index contributed by atoms with van der Waals surface area (Å²) in [6.45, 7) is 4.87. The summed E-state index contributed by atoms with van der Waals surface area (Å²) < 4.78 is 6.85. The zero-order valence-corrected chi connectivity index (χ0v) is 12.2. The monoisotopic (exact) mass is 307 g/mol. The third kappa shape index (κ3) is 3.24. The van der Waals surface area contributed by atoms with Crippen molar-refractivity contribution in [1.82, 2.24) is 5.32 Å². The summed E-state index contributed by atoms with van der Waals surface area (Å²) >= 11 is 3.62. The third-order valence-corrected chi connectivity index (χ3v) is 3.65. The van der Waals surface area contributed by atoms with Crippen LogP contribution in [0.15, 0.2) is 40.9 Å². The number of nitrogens with one attached hydrogen (secondary N) is 1. The van der Waals surface area contributed by atoms with Crippen LogP contribution in [-0.2, 0) is 0 Å². The predicted molar refractivity (Wildman–Crippen MR) is 80.3 cm³/mol. The molecule has 0 unspecified atom stereocenters. The van der Waals surface area contributed by atoms with Gasteiger partial charge >= 0.3 is 0 Å². The first-order chi connectivity index (χ1) is 8.83. The minimum absolute atomic E-state index is 0.740. The second kappa shape index (κ2) is 6.76. The lowest BCUT2D eigenvalue weighted by atomic mass is 10.1. The van der Waals surface area contributed by atoms with Crippen LogP contribution in [0.3, 0.4) is 0 Å². The van der Waals surface area contributed by atoms with Crippen molar-refractivity contribution in [2.45, 2.75) is 13.3 Å². The summed E-state index contributed by atoms with van der Waals surface area (Å²) in [5.74, 6) is 0.921. The largest absolute Gasteiger partial charge is 0.492 e. The summed E-state index contributed by atoms with van der Waals surface area (Å²) in [6, 6.07) is 12.4. The Labute approximate surface area is 116 Å². The topological polar surface area (TPSA) is 21.3 Å². The van der Waals surface area contributed by atoms with Gasteiger partial charge in [-0.05, 0) is 52.3 Å². The highest BCUT2D eigenvalue weighted by Gasteiger charge is 2.05.